The van der Waals surface area contributed by atoms with Crippen LogP contribution in [0.25, 0.3) is 0 Å². The zero-order valence-electron chi connectivity index (χ0n) is 12.6. The van der Waals surface area contributed by atoms with Crippen LogP contribution in [-0.2, 0) is 5.41 Å². The van der Waals surface area contributed by atoms with Crippen molar-refractivity contribution in [1.82, 2.24) is 5.32 Å². The average molecular weight is 328 g/mol. The highest BCUT2D eigenvalue weighted by atomic mass is 79.9. The highest BCUT2D eigenvalue weighted by Crippen LogP contribution is 2.33. The summed E-state index contributed by atoms with van der Waals surface area (Å²) in [6, 6.07) is 6.45. The minimum atomic E-state index is 0.175. The van der Waals surface area contributed by atoms with Gasteiger partial charge in [0, 0.05) is 0 Å². The molecule has 3 heteroatoms. The third-order valence-corrected chi connectivity index (χ3v) is 3.97. The molecule has 0 saturated carbocycles. The van der Waals surface area contributed by atoms with E-state index in [1.807, 2.05) is 0 Å². The number of benzene rings is 1. The molecule has 0 unspecified atom stereocenters. The maximum Gasteiger partial charge on any atom is 0.133 e. The van der Waals surface area contributed by atoms with E-state index < -0.39 is 0 Å². The third kappa shape index (κ3) is 5.15. The highest BCUT2D eigenvalue weighted by molar-refractivity contribution is 9.10. The van der Waals surface area contributed by atoms with E-state index in [9.17, 15) is 0 Å². The number of rotatable bonds is 8. The van der Waals surface area contributed by atoms with Crippen LogP contribution in [0.15, 0.2) is 22.7 Å². The zero-order valence-corrected chi connectivity index (χ0v) is 14.1. The summed E-state index contributed by atoms with van der Waals surface area (Å²) < 4.78 is 6.74. The van der Waals surface area contributed by atoms with Gasteiger partial charge in [-0.3, -0.25) is 0 Å². The lowest BCUT2D eigenvalue weighted by molar-refractivity contribution is 0.315. The molecule has 0 fully saturated rings. The molecule has 0 aliphatic carbocycles. The molecule has 1 aromatic carbocycles. The molecule has 0 radical (unpaired) electrons. The average Bonchev–Trinajstić information content (AvgIpc) is 2.37. The molecule has 2 nitrogen and oxygen atoms in total. The maximum absolute atomic E-state index is 5.69. The summed E-state index contributed by atoms with van der Waals surface area (Å²) in [7, 11) is 0. The van der Waals surface area contributed by atoms with Crippen molar-refractivity contribution in [3.63, 3.8) is 0 Å². The van der Waals surface area contributed by atoms with Crippen LogP contribution < -0.4 is 10.1 Å². The Kier molecular flexibility index (Phi) is 6.87. The van der Waals surface area contributed by atoms with E-state index in [4.69, 9.17) is 4.74 Å². The number of ether oxygens (including phenoxy) is 1. The normalized spacial score (nSPS) is 11.6. The van der Waals surface area contributed by atoms with Crippen LogP contribution in [0.3, 0.4) is 0 Å². The standard InChI is InChI=1S/C16H26BrNO/c1-5-11-19-15-8-7-13(12-14(15)17)16(3,4)9-10-18-6-2/h7-8,12,18H,5-6,9-11H2,1-4H3. The SMILES string of the molecule is CCCOc1ccc(C(C)(C)CCNCC)cc1Br. The van der Waals surface area contributed by atoms with E-state index in [0.717, 1.165) is 42.8 Å². The molecular formula is C16H26BrNO. The van der Waals surface area contributed by atoms with Gasteiger partial charge in [-0.05, 0) is 65.0 Å². The van der Waals surface area contributed by atoms with Crippen LogP contribution in [0.5, 0.6) is 5.75 Å². The summed E-state index contributed by atoms with van der Waals surface area (Å²) in [5, 5.41) is 3.39. The van der Waals surface area contributed by atoms with E-state index in [1.54, 1.807) is 0 Å². The predicted octanol–water partition coefficient (Wildman–Crippen LogP) is 4.52. The van der Waals surface area contributed by atoms with Crippen molar-refractivity contribution in [2.45, 2.75) is 46.0 Å². The topological polar surface area (TPSA) is 21.3 Å². The van der Waals surface area contributed by atoms with Crippen molar-refractivity contribution in [2.75, 3.05) is 19.7 Å². The van der Waals surface area contributed by atoms with Gasteiger partial charge in [0.05, 0.1) is 11.1 Å². The summed E-state index contributed by atoms with van der Waals surface area (Å²) in [6.45, 7) is 11.7. The summed E-state index contributed by atoms with van der Waals surface area (Å²) >= 11 is 3.61. The van der Waals surface area contributed by atoms with E-state index in [1.165, 1.54) is 5.56 Å². The molecule has 0 aromatic heterocycles. The summed E-state index contributed by atoms with van der Waals surface area (Å²) in [5.74, 6) is 0.938. The van der Waals surface area contributed by atoms with Gasteiger partial charge >= 0.3 is 0 Å². The second kappa shape index (κ2) is 7.91. The fourth-order valence-corrected chi connectivity index (χ4v) is 2.47. The molecule has 1 rings (SSSR count). The first-order chi connectivity index (χ1) is 9.01. The minimum Gasteiger partial charge on any atom is -0.492 e. The van der Waals surface area contributed by atoms with E-state index >= 15 is 0 Å². The van der Waals surface area contributed by atoms with Gasteiger partial charge in [0.25, 0.3) is 0 Å². The van der Waals surface area contributed by atoms with Gasteiger partial charge < -0.3 is 10.1 Å². The first-order valence-corrected chi connectivity index (χ1v) is 7.94. The molecule has 1 N–H and O–H groups in total. The number of hydrogen-bond acceptors (Lipinski definition) is 2. The number of nitrogens with one attached hydrogen (secondary N) is 1. The number of halogens is 1. The second-order valence-electron chi connectivity index (χ2n) is 5.48. The van der Waals surface area contributed by atoms with Crippen molar-refractivity contribution >= 4 is 15.9 Å². The molecule has 1 aromatic rings. The Hall–Kier alpha value is -0.540. The Morgan fingerprint density at radius 2 is 2.00 bits per heavy atom. The molecule has 0 saturated heterocycles. The minimum absolute atomic E-state index is 0.175. The number of hydrogen-bond donors (Lipinski definition) is 1. The van der Waals surface area contributed by atoms with Crippen molar-refractivity contribution in [2.24, 2.45) is 0 Å². The van der Waals surface area contributed by atoms with E-state index in [-0.39, 0.29) is 5.41 Å². The largest absolute Gasteiger partial charge is 0.492 e. The quantitative estimate of drug-likeness (QED) is 0.709. The van der Waals surface area contributed by atoms with Crippen molar-refractivity contribution < 1.29 is 4.74 Å². The smallest absolute Gasteiger partial charge is 0.133 e. The second-order valence-corrected chi connectivity index (χ2v) is 6.34. The van der Waals surface area contributed by atoms with Gasteiger partial charge in [0.15, 0.2) is 0 Å². The van der Waals surface area contributed by atoms with Crippen LogP contribution >= 0.6 is 15.9 Å². The lowest BCUT2D eigenvalue weighted by Gasteiger charge is -2.26. The lowest BCUT2D eigenvalue weighted by atomic mass is 9.81. The van der Waals surface area contributed by atoms with Crippen LogP contribution in [0.2, 0.25) is 0 Å². The molecule has 0 amide bonds. The molecule has 0 spiro atoms. The van der Waals surface area contributed by atoms with E-state index in [0.29, 0.717) is 0 Å². The van der Waals surface area contributed by atoms with Gasteiger partial charge in [0.1, 0.15) is 5.75 Å². The Balaban J connectivity index is 2.75. The monoisotopic (exact) mass is 327 g/mol. The predicted molar refractivity (Wildman–Crippen MR) is 86.1 cm³/mol. The Morgan fingerprint density at radius 3 is 2.58 bits per heavy atom. The zero-order chi connectivity index (χ0) is 14.3. The lowest BCUT2D eigenvalue weighted by Crippen LogP contribution is -2.25. The van der Waals surface area contributed by atoms with Crippen LogP contribution in [-0.4, -0.2) is 19.7 Å². The van der Waals surface area contributed by atoms with Crippen molar-refractivity contribution in [3.8, 4) is 5.75 Å². The van der Waals surface area contributed by atoms with Crippen molar-refractivity contribution in [3.05, 3.63) is 28.2 Å². The van der Waals surface area contributed by atoms with Gasteiger partial charge in [-0.25, -0.2) is 0 Å². The Bertz CT molecular complexity index is 390. The molecule has 0 atom stereocenters. The molecule has 0 bridgehead atoms. The maximum atomic E-state index is 5.69. The highest BCUT2D eigenvalue weighted by Gasteiger charge is 2.21. The van der Waals surface area contributed by atoms with Crippen LogP contribution in [0, 0.1) is 0 Å². The molecule has 0 aliphatic rings. The molecule has 108 valence electrons. The molecule has 19 heavy (non-hydrogen) atoms. The summed E-state index contributed by atoms with van der Waals surface area (Å²) in [4.78, 5) is 0. The fourth-order valence-electron chi connectivity index (χ4n) is 1.97. The third-order valence-electron chi connectivity index (χ3n) is 3.35. The molecule has 0 heterocycles. The van der Waals surface area contributed by atoms with Gasteiger partial charge in [0.2, 0.25) is 0 Å². The molecule has 0 aliphatic heterocycles. The Labute approximate surface area is 126 Å². The van der Waals surface area contributed by atoms with Crippen LogP contribution in [0.1, 0.15) is 46.1 Å². The van der Waals surface area contributed by atoms with Crippen molar-refractivity contribution in [1.29, 1.82) is 0 Å². The van der Waals surface area contributed by atoms with Gasteiger partial charge in [-0.1, -0.05) is 33.8 Å². The summed E-state index contributed by atoms with van der Waals surface area (Å²) in [5.41, 5.74) is 1.52. The Morgan fingerprint density at radius 1 is 1.26 bits per heavy atom. The first-order valence-electron chi connectivity index (χ1n) is 7.14. The fraction of sp³-hybridized carbons (Fsp3) is 0.625. The van der Waals surface area contributed by atoms with Gasteiger partial charge in [-0.2, -0.15) is 0 Å². The first kappa shape index (κ1) is 16.5. The van der Waals surface area contributed by atoms with Gasteiger partial charge in [-0.15, -0.1) is 0 Å². The molecular weight excluding hydrogens is 302 g/mol. The van der Waals surface area contributed by atoms with Crippen LogP contribution in [0.4, 0.5) is 0 Å². The summed E-state index contributed by atoms with van der Waals surface area (Å²) in [6.07, 6.45) is 2.16. The van der Waals surface area contributed by atoms with E-state index in [2.05, 4.69) is 67.1 Å².